The highest BCUT2D eigenvalue weighted by atomic mass is 32.1. The third-order valence-corrected chi connectivity index (χ3v) is 4.43. The number of carbonyl (C=O) groups is 1. The topological polar surface area (TPSA) is 41.6 Å². The molecule has 0 aliphatic heterocycles. The molecular formula is C18H32N2O2S. The Labute approximate surface area is 145 Å². The standard InChI is InChI=1S/C18H32N2O2S/c1-8-14(15-10-9-13-23-15)19-11-12-20(17(2,3)4)16(21)22-18(5,6)7/h9-10,13-14,19H,8,11-12H2,1-7H3. The van der Waals surface area contributed by atoms with Gasteiger partial charge in [0.25, 0.3) is 0 Å². The van der Waals surface area contributed by atoms with E-state index in [1.54, 1.807) is 16.2 Å². The first-order chi connectivity index (χ1) is 10.5. The quantitative estimate of drug-likeness (QED) is 0.807. The summed E-state index contributed by atoms with van der Waals surface area (Å²) >= 11 is 1.77. The Balaban J connectivity index is 2.63. The third-order valence-electron chi connectivity index (χ3n) is 3.44. The van der Waals surface area contributed by atoms with Gasteiger partial charge in [-0.05, 0) is 59.4 Å². The average molecular weight is 341 g/mol. The molecule has 0 saturated carbocycles. The van der Waals surface area contributed by atoms with E-state index in [-0.39, 0.29) is 11.6 Å². The number of amides is 1. The number of nitrogens with zero attached hydrogens (tertiary/aromatic N) is 1. The smallest absolute Gasteiger partial charge is 0.410 e. The molecular weight excluding hydrogens is 308 g/mol. The van der Waals surface area contributed by atoms with Gasteiger partial charge in [-0.1, -0.05) is 13.0 Å². The molecule has 1 N–H and O–H groups in total. The Hall–Kier alpha value is -1.07. The zero-order valence-electron chi connectivity index (χ0n) is 15.6. The summed E-state index contributed by atoms with van der Waals surface area (Å²) in [5.41, 5.74) is -0.744. The zero-order valence-corrected chi connectivity index (χ0v) is 16.4. The molecule has 0 aliphatic carbocycles. The summed E-state index contributed by atoms with van der Waals surface area (Å²) in [5, 5.41) is 5.65. The van der Waals surface area contributed by atoms with Crippen molar-refractivity contribution in [1.82, 2.24) is 10.2 Å². The monoisotopic (exact) mass is 340 g/mol. The van der Waals surface area contributed by atoms with Crippen molar-refractivity contribution in [1.29, 1.82) is 0 Å². The van der Waals surface area contributed by atoms with Crippen LogP contribution >= 0.6 is 11.3 Å². The van der Waals surface area contributed by atoms with Crippen LogP contribution in [0.5, 0.6) is 0 Å². The number of rotatable bonds is 6. The van der Waals surface area contributed by atoms with Crippen molar-refractivity contribution < 1.29 is 9.53 Å². The predicted octanol–water partition coefficient (Wildman–Crippen LogP) is 4.82. The van der Waals surface area contributed by atoms with Crippen molar-refractivity contribution in [2.45, 2.75) is 72.1 Å². The summed E-state index contributed by atoms with van der Waals surface area (Å²) in [5.74, 6) is 0. The van der Waals surface area contributed by atoms with Crippen LogP contribution in [0.15, 0.2) is 17.5 Å². The molecule has 5 heteroatoms. The lowest BCUT2D eigenvalue weighted by Gasteiger charge is -2.37. The van der Waals surface area contributed by atoms with Crippen LogP contribution in [0, 0.1) is 0 Å². The van der Waals surface area contributed by atoms with Gasteiger partial charge in [-0.25, -0.2) is 4.79 Å². The van der Waals surface area contributed by atoms with Gasteiger partial charge in [0.1, 0.15) is 5.60 Å². The molecule has 4 nitrogen and oxygen atoms in total. The molecule has 0 bridgehead atoms. The predicted molar refractivity (Wildman–Crippen MR) is 98.0 cm³/mol. The lowest BCUT2D eigenvalue weighted by Crippen LogP contribution is -2.50. The molecule has 1 heterocycles. The Morgan fingerprint density at radius 2 is 1.96 bits per heavy atom. The molecule has 1 aromatic heterocycles. The van der Waals surface area contributed by atoms with Gasteiger partial charge in [0.15, 0.2) is 0 Å². The molecule has 0 aliphatic rings. The number of nitrogens with one attached hydrogen (secondary N) is 1. The summed E-state index contributed by atoms with van der Waals surface area (Å²) in [6, 6.07) is 4.57. The maximum atomic E-state index is 12.5. The minimum absolute atomic E-state index is 0.254. The van der Waals surface area contributed by atoms with Crippen molar-refractivity contribution in [3.8, 4) is 0 Å². The molecule has 0 spiro atoms. The molecule has 0 saturated heterocycles. The van der Waals surface area contributed by atoms with Gasteiger partial charge in [-0.15, -0.1) is 11.3 Å². The lowest BCUT2D eigenvalue weighted by atomic mass is 10.1. The Morgan fingerprint density at radius 1 is 1.30 bits per heavy atom. The van der Waals surface area contributed by atoms with Crippen LogP contribution in [0.1, 0.15) is 65.8 Å². The van der Waals surface area contributed by atoms with Crippen molar-refractivity contribution in [2.24, 2.45) is 0 Å². The average Bonchev–Trinajstić information content (AvgIpc) is 2.88. The molecule has 1 amide bonds. The molecule has 1 unspecified atom stereocenters. The van der Waals surface area contributed by atoms with E-state index in [2.05, 4.69) is 29.8 Å². The summed E-state index contributed by atoms with van der Waals surface area (Å²) in [4.78, 5) is 15.6. The fourth-order valence-electron chi connectivity index (χ4n) is 2.30. The minimum Gasteiger partial charge on any atom is -0.444 e. The van der Waals surface area contributed by atoms with Gasteiger partial charge in [-0.3, -0.25) is 0 Å². The fourth-order valence-corrected chi connectivity index (χ4v) is 3.19. The molecule has 132 valence electrons. The number of hydrogen-bond acceptors (Lipinski definition) is 4. The normalized spacial score (nSPS) is 13.7. The van der Waals surface area contributed by atoms with Gasteiger partial charge in [0.2, 0.25) is 0 Å². The highest BCUT2D eigenvalue weighted by molar-refractivity contribution is 7.10. The molecule has 1 rings (SSSR count). The maximum absolute atomic E-state index is 12.5. The number of ether oxygens (including phenoxy) is 1. The van der Waals surface area contributed by atoms with Gasteiger partial charge in [0.05, 0.1) is 0 Å². The van der Waals surface area contributed by atoms with Crippen LogP contribution in [0.3, 0.4) is 0 Å². The van der Waals surface area contributed by atoms with Crippen molar-refractivity contribution in [3.63, 3.8) is 0 Å². The highest BCUT2D eigenvalue weighted by Gasteiger charge is 2.30. The van der Waals surface area contributed by atoms with Gasteiger partial charge >= 0.3 is 6.09 Å². The SMILES string of the molecule is CCC(NCCN(C(=O)OC(C)(C)C)C(C)(C)C)c1cccs1. The fraction of sp³-hybridized carbons (Fsp3) is 0.722. The minimum atomic E-state index is -0.475. The van der Waals surface area contributed by atoms with Crippen molar-refractivity contribution in [2.75, 3.05) is 13.1 Å². The maximum Gasteiger partial charge on any atom is 0.410 e. The van der Waals surface area contributed by atoms with Crippen molar-refractivity contribution >= 4 is 17.4 Å². The van der Waals surface area contributed by atoms with E-state index < -0.39 is 5.60 Å². The Kier molecular flexibility index (Phi) is 7.08. The second-order valence-electron chi connectivity index (χ2n) is 7.73. The first kappa shape index (κ1) is 20.0. The van der Waals surface area contributed by atoms with E-state index in [0.717, 1.165) is 13.0 Å². The van der Waals surface area contributed by atoms with Crippen LogP contribution in [-0.2, 0) is 4.74 Å². The number of thiophene rings is 1. The van der Waals surface area contributed by atoms with Crippen LogP contribution in [0.2, 0.25) is 0 Å². The summed E-state index contributed by atoms with van der Waals surface area (Å²) in [7, 11) is 0. The van der Waals surface area contributed by atoms with E-state index in [1.807, 2.05) is 41.5 Å². The second-order valence-corrected chi connectivity index (χ2v) is 8.71. The number of hydrogen-bond donors (Lipinski definition) is 1. The largest absolute Gasteiger partial charge is 0.444 e. The molecule has 23 heavy (non-hydrogen) atoms. The second kappa shape index (κ2) is 8.15. The Morgan fingerprint density at radius 3 is 2.39 bits per heavy atom. The van der Waals surface area contributed by atoms with E-state index in [9.17, 15) is 4.79 Å². The summed E-state index contributed by atoms with van der Waals surface area (Å²) < 4.78 is 5.54. The van der Waals surface area contributed by atoms with E-state index in [0.29, 0.717) is 12.6 Å². The Bertz CT molecular complexity index is 472. The van der Waals surface area contributed by atoms with Crippen molar-refractivity contribution in [3.05, 3.63) is 22.4 Å². The molecule has 0 aromatic carbocycles. The van der Waals surface area contributed by atoms with Gasteiger partial charge in [-0.2, -0.15) is 0 Å². The molecule has 0 fully saturated rings. The van der Waals surface area contributed by atoms with Crippen LogP contribution in [0.25, 0.3) is 0 Å². The molecule has 1 aromatic rings. The molecule has 0 radical (unpaired) electrons. The van der Waals surface area contributed by atoms with Crippen LogP contribution in [-0.4, -0.2) is 35.2 Å². The van der Waals surface area contributed by atoms with Gasteiger partial charge in [0, 0.05) is 29.5 Å². The molecule has 1 atom stereocenters. The highest BCUT2D eigenvalue weighted by Crippen LogP contribution is 2.22. The van der Waals surface area contributed by atoms with E-state index >= 15 is 0 Å². The zero-order chi connectivity index (χ0) is 17.7. The van der Waals surface area contributed by atoms with Crippen LogP contribution in [0.4, 0.5) is 4.79 Å². The van der Waals surface area contributed by atoms with E-state index in [1.165, 1.54) is 4.88 Å². The first-order valence-corrected chi connectivity index (χ1v) is 9.20. The number of carbonyl (C=O) groups excluding carboxylic acids is 1. The first-order valence-electron chi connectivity index (χ1n) is 8.32. The van der Waals surface area contributed by atoms with Crippen LogP contribution < -0.4 is 5.32 Å². The van der Waals surface area contributed by atoms with Gasteiger partial charge < -0.3 is 15.0 Å². The summed E-state index contributed by atoms with van der Waals surface area (Å²) in [6.45, 7) is 15.3. The summed E-state index contributed by atoms with van der Waals surface area (Å²) in [6.07, 6.45) is 0.776. The third kappa shape index (κ3) is 6.92. The van der Waals surface area contributed by atoms with E-state index in [4.69, 9.17) is 4.74 Å². The lowest BCUT2D eigenvalue weighted by molar-refractivity contribution is 0.00646.